The predicted molar refractivity (Wildman–Crippen MR) is 52.9 cm³/mol. The number of aromatic nitrogens is 1. The van der Waals surface area contributed by atoms with Crippen LogP contribution in [0.5, 0.6) is 5.75 Å². The van der Waals surface area contributed by atoms with Crippen molar-refractivity contribution in [1.82, 2.24) is 4.98 Å². The first-order valence-electron chi connectivity index (χ1n) is 3.95. The second-order valence-corrected chi connectivity index (χ2v) is 2.94. The lowest BCUT2D eigenvalue weighted by Crippen LogP contribution is -1.86. The minimum atomic E-state index is 0.118. The lowest BCUT2D eigenvalue weighted by Gasteiger charge is -1.96. The average Bonchev–Trinajstić information content (AvgIpc) is 2.11. The number of nitrogens with zero attached hydrogens (tertiary/aromatic N) is 1. The number of rotatable bonds is 1. The van der Waals surface area contributed by atoms with Crippen LogP contribution in [0.1, 0.15) is 17.8 Å². The highest BCUT2D eigenvalue weighted by Gasteiger charge is 1.97. The molecule has 0 aromatic carbocycles. The van der Waals surface area contributed by atoms with Crippen molar-refractivity contribution in [2.45, 2.75) is 13.3 Å². The zero-order valence-electron chi connectivity index (χ0n) is 7.34. The van der Waals surface area contributed by atoms with Crippen LogP contribution in [0.25, 0.3) is 0 Å². The monoisotopic (exact) mass is 195 g/mol. The van der Waals surface area contributed by atoms with E-state index in [-0.39, 0.29) is 5.75 Å². The van der Waals surface area contributed by atoms with E-state index in [9.17, 15) is 5.11 Å². The number of halogens is 1. The van der Waals surface area contributed by atoms with Crippen LogP contribution in [0.4, 0.5) is 0 Å². The fourth-order valence-corrected chi connectivity index (χ4v) is 0.929. The third-order valence-corrected chi connectivity index (χ3v) is 1.63. The molecule has 0 amide bonds. The van der Waals surface area contributed by atoms with E-state index in [0.717, 1.165) is 5.69 Å². The summed E-state index contributed by atoms with van der Waals surface area (Å²) in [4.78, 5) is 4.08. The number of hydrogen-bond donors (Lipinski definition) is 1. The average molecular weight is 196 g/mol. The van der Waals surface area contributed by atoms with Crippen molar-refractivity contribution < 1.29 is 5.11 Å². The van der Waals surface area contributed by atoms with Crippen molar-refractivity contribution in [3.8, 4) is 17.6 Å². The normalized spacial score (nSPS) is 9.08. The molecule has 0 aliphatic rings. The summed E-state index contributed by atoms with van der Waals surface area (Å²) in [6, 6.07) is 3.33. The topological polar surface area (TPSA) is 33.1 Å². The van der Waals surface area contributed by atoms with Crippen LogP contribution in [0.15, 0.2) is 12.1 Å². The van der Waals surface area contributed by atoms with Crippen molar-refractivity contribution >= 4 is 11.6 Å². The van der Waals surface area contributed by atoms with Gasteiger partial charge < -0.3 is 5.11 Å². The molecule has 1 rings (SSSR count). The Bertz CT molecular complexity index is 352. The maximum Gasteiger partial charge on any atom is 0.155 e. The standard InChI is InChI=1S/C10H10ClNO/c1-8-5-6-10(13)9(12-8)4-2-3-7-11/h5-6,13H,3,7H2,1H3. The van der Waals surface area contributed by atoms with Gasteiger partial charge in [-0.1, -0.05) is 5.92 Å². The lowest BCUT2D eigenvalue weighted by atomic mass is 10.3. The van der Waals surface area contributed by atoms with Gasteiger partial charge in [-0.3, -0.25) is 0 Å². The van der Waals surface area contributed by atoms with Crippen LogP contribution < -0.4 is 0 Å². The number of hydrogen-bond acceptors (Lipinski definition) is 2. The summed E-state index contributed by atoms with van der Waals surface area (Å²) in [5.41, 5.74) is 1.26. The molecule has 0 atom stereocenters. The number of alkyl halides is 1. The number of aryl methyl sites for hydroxylation is 1. The molecule has 0 aliphatic carbocycles. The van der Waals surface area contributed by atoms with Crippen LogP contribution in [0, 0.1) is 18.8 Å². The first-order valence-corrected chi connectivity index (χ1v) is 4.49. The Balaban J connectivity index is 2.89. The maximum atomic E-state index is 9.34. The second-order valence-electron chi connectivity index (χ2n) is 2.56. The smallest absolute Gasteiger partial charge is 0.155 e. The molecule has 0 fully saturated rings. The van der Waals surface area contributed by atoms with Crippen LogP contribution in [-0.2, 0) is 0 Å². The van der Waals surface area contributed by atoms with Gasteiger partial charge in [-0.2, -0.15) is 0 Å². The largest absolute Gasteiger partial charge is 0.505 e. The molecule has 13 heavy (non-hydrogen) atoms. The highest BCUT2D eigenvalue weighted by Crippen LogP contribution is 2.12. The van der Waals surface area contributed by atoms with Gasteiger partial charge in [-0.15, -0.1) is 11.6 Å². The molecule has 3 heteroatoms. The molecule has 0 radical (unpaired) electrons. The molecule has 0 spiro atoms. The Morgan fingerprint density at radius 1 is 1.54 bits per heavy atom. The van der Waals surface area contributed by atoms with E-state index in [1.54, 1.807) is 12.1 Å². The molecular weight excluding hydrogens is 186 g/mol. The third kappa shape index (κ3) is 2.96. The summed E-state index contributed by atoms with van der Waals surface area (Å²) in [5.74, 6) is 6.19. The maximum absolute atomic E-state index is 9.34. The zero-order valence-corrected chi connectivity index (χ0v) is 8.10. The van der Waals surface area contributed by atoms with Gasteiger partial charge in [-0.05, 0) is 25.0 Å². The van der Waals surface area contributed by atoms with Crippen molar-refractivity contribution in [3.63, 3.8) is 0 Å². The van der Waals surface area contributed by atoms with Crippen molar-refractivity contribution in [3.05, 3.63) is 23.5 Å². The van der Waals surface area contributed by atoms with Gasteiger partial charge in [0.25, 0.3) is 0 Å². The highest BCUT2D eigenvalue weighted by molar-refractivity contribution is 6.18. The van der Waals surface area contributed by atoms with E-state index in [1.807, 2.05) is 6.92 Å². The molecule has 1 aromatic rings. The summed E-state index contributed by atoms with van der Waals surface area (Å²) in [7, 11) is 0. The second kappa shape index (κ2) is 4.74. The predicted octanol–water partition coefficient (Wildman–Crippen LogP) is 2.08. The number of pyridine rings is 1. The summed E-state index contributed by atoms with van der Waals surface area (Å²) >= 11 is 5.45. The molecule has 0 aliphatic heterocycles. The van der Waals surface area contributed by atoms with Crippen molar-refractivity contribution in [1.29, 1.82) is 0 Å². The SMILES string of the molecule is Cc1ccc(O)c(C#CCCCl)n1. The molecule has 0 bridgehead atoms. The van der Waals surface area contributed by atoms with Crippen LogP contribution >= 0.6 is 11.6 Å². The van der Waals surface area contributed by atoms with Crippen LogP contribution in [-0.4, -0.2) is 16.0 Å². The molecule has 68 valence electrons. The van der Waals surface area contributed by atoms with Crippen LogP contribution in [0.2, 0.25) is 0 Å². The van der Waals surface area contributed by atoms with E-state index < -0.39 is 0 Å². The molecule has 0 saturated heterocycles. The van der Waals surface area contributed by atoms with Gasteiger partial charge in [0.1, 0.15) is 5.75 Å². The molecular formula is C10H10ClNO. The zero-order chi connectivity index (χ0) is 9.68. The summed E-state index contributed by atoms with van der Waals surface area (Å²) in [6.45, 7) is 1.85. The molecule has 2 nitrogen and oxygen atoms in total. The van der Waals surface area contributed by atoms with E-state index in [1.165, 1.54) is 0 Å². The van der Waals surface area contributed by atoms with Gasteiger partial charge in [0.15, 0.2) is 5.69 Å². The van der Waals surface area contributed by atoms with E-state index in [2.05, 4.69) is 16.8 Å². The quantitative estimate of drug-likeness (QED) is 0.550. The van der Waals surface area contributed by atoms with Gasteiger partial charge in [0.2, 0.25) is 0 Å². The fraction of sp³-hybridized carbons (Fsp3) is 0.300. The number of aromatic hydroxyl groups is 1. The Hall–Kier alpha value is -1.20. The van der Waals surface area contributed by atoms with Gasteiger partial charge >= 0.3 is 0 Å². The molecule has 0 unspecified atom stereocenters. The van der Waals surface area contributed by atoms with Gasteiger partial charge in [0, 0.05) is 18.0 Å². The van der Waals surface area contributed by atoms with E-state index in [4.69, 9.17) is 11.6 Å². The Morgan fingerprint density at radius 2 is 2.31 bits per heavy atom. The highest BCUT2D eigenvalue weighted by atomic mass is 35.5. The van der Waals surface area contributed by atoms with E-state index >= 15 is 0 Å². The summed E-state index contributed by atoms with van der Waals surface area (Å²) in [6.07, 6.45) is 0.608. The Labute approximate surface area is 82.6 Å². The van der Waals surface area contributed by atoms with Crippen LogP contribution in [0.3, 0.4) is 0 Å². The molecule has 1 heterocycles. The van der Waals surface area contributed by atoms with Gasteiger partial charge in [-0.25, -0.2) is 4.98 Å². The fourth-order valence-electron chi connectivity index (χ4n) is 0.835. The summed E-state index contributed by atoms with van der Waals surface area (Å²) < 4.78 is 0. The van der Waals surface area contributed by atoms with Crippen molar-refractivity contribution in [2.24, 2.45) is 0 Å². The molecule has 1 aromatic heterocycles. The van der Waals surface area contributed by atoms with Crippen molar-refractivity contribution in [2.75, 3.05) is 5.88 Å². The minimum Gasteiger partial charge on any atom is -0.505 e. The summed E-state index contributed by atoms with van der Waals surface area (Å²) in [5, 5.41) is 9.34. The lowest BCUT2D eigenvalue weighted by molar-refractivity contribution is 0.470. The van der Waals surface area contributed by atoms with E-state index in [0.29, 0.717) is 18.0 Å². The third-order valence-electron chi connectivity index (χ3n) is 1.44. The van der Waals surface area contributed by atoms with Gasteiger partial charge in [0.05, 0.1) is 0 Å². The first-order chi connectivity index (χ1) is 6.24. The molecule has 0 saturated carbocycles. The molecule has 1 N–H and O–H groups in total. The first kappa shape index (κ1) is 9.88. The Morgan fingerprint density at radius 3 is 3.00 bits per heavy atom. The Kier molecular flexibility index (Phi) is 3.60. The minimum absolute atomic E-state index is 0.118.